The molecule has 3 heterocycles. The van der Waals surface area contributed by atoms with Gasteiger partial charge in [-0.05, 0) is 44.9 Å². The van der Waals surface area contributed by atoms with Gasteiger partial charge in [-0.25, -0.2) is 4.79 Å². The highest BCUT2D eigenvalue weighted by molar-refractivity contribution is 6.31. The Balaban J connectivity index is 1.64. The fourth-order valence-corrected chi connectivity index (χ4v) is 4.70. The van der Waals surface area contributed by atoms with Gasteiger partial charge in [0, 0.05) is 62.4 Å². The number of piperidine rings is 1. The van der Waals surface area contributed by atoms with Gasteiger partial charge >= 0.3 is 6.03 Å². The maximum atomic E-state index is 13.6. The van der Waals surface area contributed by atoms with E-state index in [1.165, 1.54) is 0 Å². The fourth-order valence-electron chi connectivity index (χ4n) is 4.53. The van der Waals surface area contributed by atoms with Gasteiger partial charge in [-0.1, -0.05) is 11.6 Å². The van der Waals surface area contributed by atoms with Crippen LogP contribution in [0.2, 0.25) is 5.02 Å². The zero-order chi connectivity index (χ0) is 23.6. The lowest BCUT2D eigenvalue weighted by atomic mass is 9.81. The van der Waals surface area contributed by atoms with Crippen molar-refractivity contribution in [2.75, 3.05) is 50.7 Å². The number of hydrogen-bond acceptors (Lipinski definition) is 5. The van der Waals surface area contributed by atoms with Crippen molar-refractivity contribution in [3.63, 3.8) is 0 Å². The molecule has 33 heavy (non-hydrogen) atoms. The Morgan fingerprint density at radius 1 is 1.15 bits per heavy atom. The number of anilines is 1. The number of amides is 3. The van der Waals surface area contributed by atoms with Crippen molar-refractivity contribution < 1.29 is 9.59 Å². The van der Waals surface area contributed by atoms with Crippen molar-refractivity contribution in [2.24, 2.45) is 5.41 Å². The SMILES string of the molecule is CCNC(=O)N1CCN(C(=O)c2cnc3ccc(Cl)cc3c2N2CCC(C)(C#N)CC2)CC1. The molecule has 0 bridgehead atoms. The molecule has 1 aromatic heterocycles. The summed E-state index contributed by atoms with van der Waals surface area (Å²) >= 11 is 6.32. The Labute approximate surface area is 199 Å². The van der Waals surface area contributed by atoms with Crippen LogP contribution in [0, 0.1) is 16.7 Å². The third kappa shape index (κ3) is 4.69. The Kier molecular flexibility index (Phi) is 6.61. The van der Waals surface area contributed by atoms with E-state index in [4.69, 9.17) is 11.6 Å². The second kappa shape index (κ2) is 9.44. The van der Waals surface area contributed by atoms with Crippen molar-refractivity contribution in [3.05, 3.63) is 35.0 Å². The van der Waals surface area contributed by atoms with Gasteiger partial charge < -0.3 is 20.0 Å². The molecule has 2 aliphatic rings. The molecule has 0 unspecified atom stereocenters. The lowest BCUT2D eigenvalue weighted by molar-refractivity contribution is 0.0665. The van der Waals surface area contributed by atoms with E-state index in [2.05, 4.69) is 21.3 Å². The van der Waals surface area contributed by atoms with E-state index in [0.717, 1.165) is 29.4 Å². The first-order valence-electron chi connectivity index (χ1n) is 11.4. The molecular weight excluding hydrogens is 440 g/mol. The second-order valence-electron chi connectivity index (χ2n) is 8.96. The Bertz CT molecular complexity index is 1100. The molecule has 9 heteroatoms. The molecule has 2 fully saturated rings. The summed E-state index contributed by atoms with van der Waals surface area (Å²) in [6.45, 7) is 7.73. The number of carbonyl (C=O) groups is 2. The summed E-state index contributed by atoms with van der Waals surface area (Å²) in [6, 6.07) is 7.87. The summed E-state index contributed by atoms with van der Waals surface area (Å²) in [7, 11) is 0. The van der Waals surface area contributed by atoms with E-state index < -0.39 is 0 Å². The topological polar surface area (TPSA) is 92.6 Å². The highest BCUT2D eigenvalue weighted by Gasteiger charge is 2.33. The molecule has 1 aromatic carbocycles. The van der Waals surface area contributed by atoms with Crippen molar-refractivity contribution in [1.29, 1.82) is 5.26 Å². The number of rotatable bonds is 3. The number of piperazine rings is 1. The van der Waals surface area contributed by atoms with Gasteiger partial charge in [-0.15, -0.1) is 0 Å². The average molecular weight is 469 g/mol. The molecule has 2 saturated heterocycles. The number of benzene rings is 1. The van der Waals surface area contributed by atoms with Crippen molar-refractivity contribution in [3.8, 4) is 6.07 Å². The highest BCUT2D eigenvalue weighted by atomic mass is 35.5. The van der Waals surface area contributed by atoms with Gasteiger partial charge in [-0.2, -0.15) is 5.26 Å². The number of carbonyl (C=O) groups excluding carboxylic acids is 2. The minimum Gasteiger partial charge on any atom is -0.370 e. The zero-order valence-electron chi connectivity index (χ0n) is 19.1. The van der Waals surface area contributed by atoms with E-state index in [1.807, 2.05) is 26.0 Å². The largest absolute Gasteiger partial charge is 0.370 e. The van der Waals surface area contributed by atoms with Gasteiger partial charge in [0.25, 0.3) is 5.91 Å². The molecule has 0 atom stereocenters. The molecule has 8 nitrogen and oxygen atoms in total. The number of nitrogens with zero attached hydrogens (tertiary/aromatic N) is 5. The summed E-state index contributed by atoms with van der Waals surface area (Å²) in [5.74, 6) is -0.0939. The maximum Gasteiger partial charge on any atom is 0.317 e. The third-order valence-corrected chi connectivity index (χ3v) is 6.90. The number of nitrogens with one attached hydrogen (secondary N) is 1. The number of hydrogen-bond donors (Lipinski definition) is 1. The van der Waals surface area contributed by atoms with Crippen LogP contribution in [0.4, 0.5) is 10.5 Å². The Morgan fingerprint density at radius 3 is 2.45 bits per heavy atom. The van der Waals surface area contributed by atoms with Crippen molar-refractivity contribution in [1.82, 2.24) is 20.1 Å². The molecule has 0 saturated carbocycles. The summed E-state index contributed by atoms with van der Waals surface area (Å²) in [5, 5.41) is 13.8. The molecule has 0 spiro atoms. The number of nitriles is 1. The number of urea groups is 1. The van der Waals surface area contributed by atoms with Gasteiger partial charge in [0.2, 0.25) is 0 Å². The highest BCUT2D eigenvalue weighted by Crippen LogP contribution is 2.38. The lowest BCUT2D eigenvalue weighted by Gasteiger charge is -2.39. The van der Waals surface area contributed by atoms with Crippen LogP contribution in [0.15, 0.2) is 24.4 Å². The molecule has 4 rings (SSSR count). The minimum atomic E-state index is -0.351. The third-order valence-electron chi connectivity index (χ3n) is 6.67. The molecule has 2 aliphatic heterocycles. The summed E-state index contributed by atoms with van der Waals surface area (Å²) < 4.78 is 0. The number of fused-ring (bicyclic) bond motifs is 1. The van der Waals surface area contributed by atoms with Crippen LogP contribution in [0.3, 0.4) is 0 Å². The summed E-state index contributed by atoms with van der Waals surface area (Å²) in [6.07, 6.45) is 3.11. The fraction of sp³-hybridized carbons (Fsp3) is 0.500. The minimum absolute atomic E-state index is 0.0939. The normalized spacial score (nSPS) is 18.2. The molecule has 0 aliphatic carbocycles. The summed E-state index contributed by atoms with van der Waals surface area (Å²) in [5.41, 5.74) is 1.80. The zero-order valence-corrected chi connectivity index (χ0v) is 19.9. The van der Waals surface area contributed by atoms with Crippen LogP contribution >= 0.6 is 11.6 Å². The van der Waals surface area contributed by atoms with Crippen LogP contribution in [0.1, 0.15) is 37.0 Å². The van der Waals surface area contributed by atoms with Crippen LogP contribution in [-0.2, 0) is 0 Å². The van der Waals surface area contributed by atoms with Crippen molar-refractivity contribution >= 4 is 40.1 Å². The van der Waals surface area contributed by atoms with Crippen LogP contribution in [0.5, 0.6) is 0 Å². The lowest BCUT2D eigenvalue weighted by Crippen LogP contribution is -2.53. The molecular formula is C24H29ClN6O2. The molecule has 1 N–H and O–H groups in total. The summed E-state index contributed by atoms with van der Waals surface area (Å²) in [4.78, 5) is 36.0. The molecule has 0 radical (unpaired) electrons. The Morgan fingerprint density at radius 2 is 1.82 bits per heavy atom. The van der Waals surface area contributed by atoms with Crippen LogP contribution in [0.25, 0.3) is 10.9 Å². The number of aromatic nitrogens is 1. The molecule has 3 amide bonds. The Hall–Kier alpha value is -3.05. The van der Waals surface area contributed by atoms with Gasteiger partial charge in [-0.3, -0.25) is 9.78 Å². The first-order chi connectivity index (χ1) is 15.8. The maximum absolute atomic E-state index is 13.6. The van der Waals surface area contributed by atoms with E-state index in [0.29, 0.717) is 56.4 Å². The second-order valence-corrected chi connectivity index (χ2v) is 9.39. The predicted molar refractivity (Wildman–Crippen MR) is 128 cm³/mol. The quantitative estimate of drug-likeness (QED) is 0.744. The smallest absolute Gasteiger partial charge is 0.317 e. The average Bonchev–Trinajstić information content (AvgIpc) is 2.84. The number of halogens is 1. The predicted octanol–water partition coefficient (Wildman–Crippen LogP) is 3.51. The standard InChI is InChI=1S/C24H29ClN6O2/c1-3-27-23(33)31-12-10-30(11-13-31)22(32)19-15-28-20-5-4-17(25)14-18(20)21(19)29-8-6-24(2,16-26)7-9-29/h4-5,14-15H,3,6-13H2,1-2H3,(H,27,33). The first kappa shape index (κ1) is 23.1. The molecule has 174 valence electrons. The van der Waals surface area contributed by atoms with E-state index in [-0.39, 0.29) is 17.4 Å². The van der Waals surface area contributed by atoms with E-state index in [1.54, 1.807) is 22.1 Å². The van der Waals surface area contributed by atoms with E-state index in [9.17, 15) is 14.9 Å². The van der Waals surface area contributed by atoms with Crippen LogP contribution < -0.4 is 10.2 Å². The molecule has 2 aromatic rings. The van der Waals surface area contributed by atoms with Crippen molar-refractivity contribution in [2.45, 2.75) is 26.7 Å². The van der Waals surface area contributed by atoms with Crippen LogP contribution in [-0.4, -0.2) is 72.5 Å². The van der Waals surface area contributed by atoms with Gasteiger partial charge in [0.1, 0.15) is 0 Å². The van der Waals surface area contributed by atoms with Gasteiger partial charge in [0.15, 0.2) is 0 Å². The number of pyridine rings is 1. The van der Waals surface area contributed by atoms with Gasteiger partial charge in [0.05, 0.1) is 28.3 Å². The van der Waals surface area contributed by atoms with E-state index >= 15 is 0 Å². The first-order valence-corrected chi connectivity index (χ1v) is 11.8. The monoisotopic (exact) mass is 468 g/mol.